The minimum Gasteiger partial charge on any atom is -0.497 e. The summed E-state index contributed by atoms with van der Waals surface area (Å²) in [5.74, 6) is 0.893. The lowest BCUT2D eigenvalue weighted by molar-refractivity contribution is -0.113. The number of nitrogens with one attached hydrogen (secondary N) is 1. The number of carbonyl (C=O) groups excluding carboxylic acids is 1. The van der Waals surface area contributed by atoms with E-state index in [9.17, 15) is 4.79 Å². The van der Waals surface area contributed by atoms with Crippen molar-refractivity contribution < 1.29 is 9.53 Å². The zero-order valence-electron chi connectivity index (χ0n) is 14.9. The van der Waals surface area contributed by atoms with Crippen molar-refractivity contribution in [3.63, 3.8) is 0 Å². The second kappa shape index (κ2) is 8.05. The first kappa shape index (κ1) is 18.0. The molecule has 0 radical (unpaired) electrons. The minimum atomic E-state index is -0.102. The third kappa shape index (κ3) is 4.23. The number of benzene rings is 2. The number of amides is 1. The van der Waals surface area contributed by atoms with E-state index in [0.717, 1.165) is 22.7 Å². The van der Waals surface area contributed by atoms with E-state index in [0.29, 0.717) is 5.16 Å². The van der Waals surface area contributed by atoms with Crippen LogP contribution in [0.1, 0.15) is 11.1 Å². The molecule has 2 aromatic carbocycles. The third-order valence-electron chi connectivity index (χ3n) is 3.83. The molecule has 1 aromatic heterocycles. The van der Waals surface area contributed by atoms with E-state index >= 15 is 0 Å². The van der Waals surface area contributed by atoms with Crippen LogP contribution in [0.5, 0.6) is 5.75 Å². The lowest BCUT2D eigenvalue weighted by Gasteiger charge is -2.10. The molecule has 0 saturated heterocycles. The molecular weight excluding hydrogens is 348 g/mol. The minimum absolute atomic E-state index is 0.102. The van der Waals surface area contributed by atoms with Gasteiger partial charge in [-0.1, -0.05) is 29.5 Å². The Balaban J connectivity index is 1.65. The molecule has 0 aliphatic carbocycles. The topological polar surface area (TPSA) is 69.0 Å². The van der Waals surface area contributed by atoms with Gasteiger partial charge in [0, 0.05) is 5.69 Å². The summed E-state index contributed by atoms with van der Waals surface area (Å²) >= 11 is 1.35. The van der Waals surface area contributed by atoms with Crippen molar-refractivity contribution in [3.05, 3.63) is 59.9 Å². The summed E-state index contributed by atoms with van der Waals surface area (Å²) in [5, 5.41) is 11.7. The van der Waals surface area contributed by atoms with Crippen LogP contribution in [0.3, 0.4) is 0 Å². The van der Waals surface area contributed by atoms with Crippen LogP contribution in [0.15, 0.2) is 53.9 Å². The summed E-state index contributed by atoms with van der Waals surface area (Å²) in [6, 6.07) is 13.4. The van der Waals surface area contributed by atoms with Gasteiger partial charge >= 0.3 is 0 Å². The molecule has 6 nitrogen and oxygen atoms in total. The molecule has 0 atom stereocenters. The number of nitrogens with zero attached hydrogens (tertiary/aromatic N) is 3. The first-order valence-corrected chi connectivity index (χ1v) is 9.10. The summed E-state index contributed by atoms with van der Waals surface area (Å²) < 4.78 is 7.01. The Hall–Kier alpha value is -2.80. The fourth-order valence-corrected chi connectivity index (χ4v) is 3.29. The molecule has 1 N–H and O–H groups in total. The van der Waals surface area contributed by atoms with Crippen LogP contribution in [0, 0.1) is 13.8 Å². The van der Waals surface area contributed by atoms with Crippen LogP contribution in [0.25, 0.3) is 5.69 Å². The number of carbonyl (C=O) groups is 1. The average Bonchev–Trinajstić information content (AvgIpc) is 3.09. The highest BCUT2D eigenvalue weighted by molar-refractivity contribution is 7.99. The van der Waals surface area contributed by atoms with Gasteiger partial charge in [-0.05, 0) is 49.7 Å². The van der Waals surface area contributed by atoms with E-state index in [1.807, 2.05) is 23.6 Å². The van der Waals surface area contributed by atoms with Crippen molar-refractivity contribution in [2.45, 2.75) is 19.0 Å². The van der Waals surface area contributed by atoms with E-state index in [4.69, 9.17) is 4.74 Å². The van der Waals surface area contributed by atoms with Crippen LogP contribution < -0.4 is 10.1 Å². The zero-order chi connectivity index (χ0) is 18.5. The van der Waals surface area contributed by atoms with Crippen molar-refractivity contribution >= 4 is 23.4 Å². The van der Waals surface area contributed by atoms with Crippen LogP contribution in [0.4, 0.5) is 5.69 Å². The second-order valence-corrected chi connectivity index (χ2v) is 6.78. The Morgan fingerprint density at radius 1 is 1.19 bits per heavy atom. The van der Waals surface area contributed by atoms with Gasteiger partial charge in [0.2, 0.25) is 5.91 Å². The van der Waals surface area contributed by atoms with Crippen molar-refractivity contribution in [2.24, 2.45) is 0 Å². The van der Waals surface area contributed by atoms with Gasteiger partial charge in [0.05, 0.1) is 18.6 Å². The summed E-state index contributed by atoms with van der Waals surface area (Å²) in [7, 11) is 1.61. The summed E-state index contributed by atoms with van der Waals surface area (Å²) in [6.07, 6.45) is 1.67. The lowest BCUT2D eigenvalue weighted by atomic mass is 10.1. The maximum Gasteiger partial charge on any atom is 0.234 e. The smallest absolute Gasteiger partial charge is 0.234 e. The molecule has 0 fully saturated rings. The molecule has 0 unspecified atom stereocenters. The van der Waals surface area contributed by atoms with Crippen LogP contribution in [-0.4, -0.2) is 33.5 Å². The Bertz CT molecular complexity index is 906. The largest absolute Gasteiger partial charge is 0.497 e. The number of rotatable bonds is 6. The van der Waals surface area contributed by atoms with E-state index in [1.165, 1.54) is 17.3 Å². The Morgan fingerprint density at radius 2 is 1.96 bits per heavy atom. The molecule has 134 valence electrons. The average molecular weight is 368 g/mol. The van der Waals surface area contributed by atoms with Gasteiger partial charge < -0.3 is 10.1 Å². The quantitative estimate of drug-likeness (QED) is 0.673. The molecule has 26 heavy (non-hydrogen) atoms. The van der Waals surface area contributed by atoms with E-state index in [2.05, 4.69) is 28.5 Å². The van der Waals surface area contributed by atoms with E-state index in [1.54, 1.807) is 37.7 Å². The Morgan fingerprint density at radius 3 is 2.65 bits per heavy atom. The highest BCUT2D eigenvalue weighted by Crippen LogP contribution is 2.23. The Labute approximate surface area is 156 Å². The first-order valence-electron chi connectivity index (χ1n) is 8.11. The fraction of sp³-hybridized carbons (Fsp3) is 0.211. The first-order chi connectivity index (χ1) is 12.6. The summed E-state index contributed by atoms with van der Waals surface area (Å²) in [4.78, 5) is 12.2. The number of ether oxygens (including phenoxy) is 1. The number of aromatic nitrogens is 3. The lowest BCUT2D eigenvalue weighted by Crippen LogP contribution is -2.14. The molecule has 7 heteroatoms. The monoisotopic (exact) mass is 368 g/mol. The molecule has 1 amide bonds. The predicted molar refractivity (Wildman–Crippen MR) is 103 cm³/mol. The van der Waals surface area contributed by atoms with E-state index in [-0.39, 0.29) is 11.7 Å². The molecule has 1 heterocycles. The summed E-state index contributed by atoms with van der Waals surface area (Å²) in [5.41, 5.74) is 4.08. The molecule has 0 saturated carbocycles. The standard InChI is InChI=1S/C19H20N4O2S/c1-13-4-9-17(14(2)10-13)23-12-20-22-19(23)26-11-18(24)21-15-5-7-16(25-3)8-6-15/h4-10,12H,11H2,1-3H3,(H,21,24). The van der Waals surface area contributed by atoms with Crippen molar-refractivity contribution in [3.8, 4) is 11.4 Å². The molecule has 0 aliphatic rings. The number of anilines is 1. The van der Waals surface area contributed by atoms with Gasteiger partial charge in [-0.25, -0.2) is 0 Å². The number of thioether (sulfide) groups is 1. The van der Waals surface area contributed by atoms with Gasteiger partial charge in [0.15, 0.2) is 5.16 Å². The van der Waals surface area contributed by atoms with Gasteiger partial charge in [-0.3, -0.25) is 9.36 Å². The number of hydrogen-bond acceptors (Lipinski definition) is 5. The molecule has 3 rings (SSSR count). The molecule has 0 bridgehead atoms. The van der Waals surface area contributed by atoms with Gasteiger partial charge in [0.1, 0.15) is 12.1 Å². The molecule has 0 aliphatic heterocycles. The highest BCUT2D eigenvalue weighted by atomic mass is 32.2. The van der Waals surface area contributed by atoms with Crippen molar-refractivity contribution in [1.29, 1.82) is 0 Å². The number of aryl methyl sites for hydroxylation is 2. The van der Waals surface area contributed by atoms with Gasteiger partial charge in [0.25, 0.3) is 0 Å². The second-order valence-electron chi connectivity index (χ2n) is 5.84. The van der Waals surface area contributed by atoms with Gasteiger partial charge in [-0.2, -0.15) is 0 Å². The zero-order valence-corrected chi connectivity index (χ0v) is 15.7. The fourth-order valence-electron chi connectivity index (χ4n) is 2.57. The SMILES string of the molecule is COc1ccc(NC(=O)CSc2nncn2-c2ccc(C)cc2C)cc1. The number of hydrogen-bond donors (Lipinski definition) is 1. The summed E-state index contributed by atoms with van der Waals surface area (Å²) in [6.45, 7) is 4.11. The maximum absolute atomic E-state index is 12.2. The van der Waals surface area contributed by atoms with Gasteiger partial charge in [-0.15, -0.1) is 10.2 Å². The predicted octanol–water partition coefficient (Wildman–Crippen LogP) is 3.62. The van der Waals surface area contributed by atoms with Crippen molar-refractivity contribution in [2.75, 3.05) is 18.2 Å². The Kier molecular flexibility index (Phi) is 5.58. The highest BCUT2D eigenvalue weighted by Gasteiger charge is 2.12. The van der Waals surface area contributed by atoms with E-state index < -0.39 is 0 Å². The van der Waals surface area contributed by atoms with Crippen LogP contribution in [-0.2, 0) is 4.79 Å². The molecule has 0 spiro atoms. The van der Waals surface area contributed by atoms with Crippen LogP contribution >= 0.6 is 11.8 Å². The normalized spacial score (nSPS) is 10.6. The molecule has 3 aromatic rings. The van der Waals surface area contributed by atoms with Crippen molar-refractivity contribution in [1.82, 2.24) is 14.8 Å². The third-order valence-corrected chi connectivity index (χ3v) is 4.78. The van der Waals surface area contributed by atoms with Crippen LogP contribution in [0.2, 0.25) is 0 Å². The maximum atomic E-state index is 12.2. The number of methoxy groups -OCH3 is 1. The molecular formula is C19H20N4O2S.